The molecule has 26 heavy (non-hydrogen) atoms. The third-order valence-electron chi connectivity index (χ3n) is 6.65. The Balaban J connectivity index is 0.00000243. The molecular formula is C20H38IN3O2. The van der Waals surface area contributed by atoms with Crippen molar-refractivity contribution in [2.45, 2.75) is 77.5 Å². The molecule has 0 aromatic carbocycles. The number of halogens is 1. The summed E-state index contributed by atoms with van der Waals surface area (Å²) >= 11 is 0. The zero-order chi connectivity index (χ0) is 17.9. The first kappa shape index (κ1) is 22.2. The summed E-state index contributed by atoms with van der Waals surface area (Å²) in [5.41, 5.74) is 0.366. The largest absolute Gasteiger partial charge is 0.378 e. The minimum atomic E-state index is 0. The van der Waals surface area contributed by atoms with Gasteiger partial charge >= 0.3 is 0 Å². The van der Waals surface area contributed by atoms with Crippen molar-refractivity contribution < 1.29 is 9.47 Å². The lowest BCUT2D eigenvalue weighted by atomic mass is 9.54. The average Bonchev–Trinajstić information content (AvgIpc) is 3.25. The second-order valence-corrected chi connectivity index (χ2v) is 8.33. The van der Waals surface area contributed by atoms with Crippen molar-refractivity contribution in [3.63, 3.8) is 0 Å². The maximum atomic E-state index is 6.08. The third kappa shape index (κ3) is 4.32. The number of rotatable bonds is 7. The van der Waals surface area contributed by atoms with Crippen LogP contribution in [0.1, 0.15) is 59.3 Å². The molecule has 1 spiro atoms. The number of hydrogen-bond donors (Lipinski definition) is 2. The highest BCUT2D eigenvalue weighted by Crippen LogP contribution is 2.60. The first-order valence-electron chi connectivity index (χ1n) is 10.3. The first-order chi connectivity index (χ1) is 12.1. The molecule has 6 heteroatoms. The van der Waals surface area contributed by atoms with Crippen molar-refractivity contribution >= 4 is 29.9 Å². The molecule has 0 radical (unpaired) electrons. The van der Waals surface area contributed by atoms with Gasteiger partial charge in [-0.05, 0) is 38.5 Å². The van der Waals surface area contributed by atoms with E-state index < -0.39 is 0 Å². The number of hydrogen-bond acceptors (Lipinski definition) is 3. The smallest absolute Gasteiger partial charge is 0.191 e. The molecule has 1 saturated heterocycles. The maximum absolute atomic E-state index is 6.08. The second kappa shape index (κ2) is 9.92. The maximum Gasteiger partial charge on any atom is 0.191 e. The van der Waals surface area contributed by atoms with Crippen LogP contribution in [0.15, 0.2) is 4.99 Å². The number of guanidine groups is 1. The van der Waals surface area contributed by atoms with E-state index in [2.05, 4.69) is 36.4 Å². The summed E-state index contributed by atoms with van der Waals surface area (Å²) in [5, 5.41) is 7.28. The van der Waals surface area contributed by atoms with Crippen LogP contribution < -0.4 is 10.6 Å². The van der Waals surface area contributed by atoms with E-state index in [4.69, 9.17) is 9.47 Å². The van der Waals surface area contributed by atoms with Crippen LogP contribution in [0.3, 0.4) is 0 Å². The van der Waals surface area contributed by atoms with E-state index in [1.165, 1.54) is 32.1 Å². The molecule has 5 nitrogen and oxygen atoms in total. The molecule has 152 valence electrons. The summed E-state index contributed by atoms with van der Waals surface area (Å²) in [7, 11) is 1.88. The molecular weight excluding hydrogens is 441 g/mol. The van der Waals surface area contributed by atoms with Crippen molar-refractivity contribution in [1.82, 2.24) is 10.6 Å². The van der Waals surface area contributed by atoms with Gasteiger partial charge in [-0.2, -0.15) is 0 Å². The fraction of sp³-hybridized carbons (Fsp3) is 0.950. The van der Waals surface area contributed by atoms with Crippen molar-refractivity contribution in [2.24, 2.45) is 22.2 Å². The van der Waals surface area contributed by atoms with Crippen LogP contribution in [0.25, 0.3) is 0 Å². The number of nitrogens with zero attached hydrogens (tertiary/aromatic N) is 1. The highest BCUT2D eigenvalue weighted by molar-refractivity contribution is 14.0. The van der Waals surface area contributed by atoms with Crippen molar-refractivity contribution in [2.75, 3.05) is 26.8 Å². The third-order valence-corrected chi connectivity index (χ3v) is 6.65. The van der Waals surface area contributed by atoms with E-state index >= 15 is 0 Å². The van der Waals surface area contributed by atoms with Gasteiger partial charge in [-0.15, -0.1) is 24.0 Å². The first-order valence-corrected chi connectivity index (χ1v) is 10.3. The summed E-state index contributed by atoms with van der Waals surface area (Å²) in [5.74, 6) is 2.16. The van der Waals surface area contributed by atoms with Gasteiger partial charge in [0.2, 0.25) is 0 Å². The molecule has 2 saturated carbocycles. The van der Waals surface area contributed by atoms with Gasteiger partial charge in [-0.3, -0.25) is 4.99 Å². The molecule has 3 aliphatic rings. The van der Waals surface area contributed by atoms with E-state index in [0.29, 0.717) is 35.5 Å². The lowest BCUT2D eigenvalue weighted by Gasteiger charge is -2.57. The van der Waals surface area contributed by atoms with E-state index in [1.54, 1.807) is 0 Å². The molecule has 2 N–H and O–H groups in total. The summed E-state index contributed by atoms with van der Waals surface area (Å²) in [6, 6.07) is 0.529. The Bertz CT molecular complexity index is 466. The minimum absolute atomic E-state index is 0. The van der Waals surface area contributed by atoms with E-state index in [9.17, 15) is 0 Å². The van der Waals surface area contributed by atoms with Gasteiger partial charge in [-0.25, -0.2) is 0 Å². The van der Waals surface area contributed by atoms with Crippen molar-refractivity contribution in [1.29, 1.82) is 0 Å². The monoisotopic (exact) mass is 479 g/mol. The van der Waals surface area contributed by atoms with Crippen LogP contribution in [0.2, 0.25) is 0 Å². The topological polar surface area (TPSA) is 54.9 Å². The molecule has 4 atom stereocenters. The highest BCUT2D eigenvalue weighted by Gasteiger charge is 2.65. The van der Waals surface area contributed by atoms with Crippen LogP contribution in [-0.2, 0) is 9.47 Å². The molecule has 4 unspecified atom stereocenters. The lowest BCUT2D eigenvalue weighted by Crippen LogP contribution is -2.69. The quantitative estimate of drug-likeness (QED) is 0.333. The van der Waals surface area contributed by atoms with Crippen LogP contribution in [0.4, 0.5) is 0 Å². The second-order valence-electron chi connectivity index (χ2n) is 8.33. The Labute approximate surface area is 176 Å². The van der Waals surface area contributed by atoms with Gasteiger partial charge in [0.15, 0.2) is 5.96 Å². The Morgan fingerprint density at radius 3 is 2.65 bits per heavy atom. The SMILES string of the molecule is CCOC(CCNC(=NC)NC1C2CCOC2C12CCCC2)C(C)C.I. The van der Waals surface area contributed by atoms with Gasteiger partial charge in [-0.1, -0.05) is 26.7 Å². The normalized spacial score (nSPS) is 30.7. The van der Waals surface area contributed by atoms with Crippen molar-refractivity contribution in [3.05, 3.63) is 0 Å². The Morgan fingerprint density at radius 2 is 2.04 bits per heavy atom. The highest BCUT2D eigenvalue weighted by atomic mass is 127. The number of ether oxygens (including phenoxy) is 2. The Kier molecular flexibility index (Phi) is 8.47. The summed E-state index contributed by atoms with van der Waals surface area (Å²) in [6.45, 7) is 9.14. The minimum Gasteiger partial charge on any atom is -0.378 e. The molecule has 1 heterocycles. The van der Waals surface area contributed by atoms with Crippen molar-refractivity contribution in [3.8, 4) is 0 Å². The molecule has 2 aliphatic carbocycles. The molecule has 0 aromatic rings. The molecule has 3 fully saturated rings. The summed E-state index contributed by atoms with van der Waals surface area (Å²) in [4.78, 5) is 4.48. The summed E-state index contributed by atoms with van der Waals surface area (Å²) in [6.07, 6.45) is 8.33. The average molecular weight is 479 g/mol. The fourth-order valence-electron chi connectivity index (χ4n) is 5.40. The predicted octanol–water partition coefficient (Wildman–Crippen LogP) is 3.57. The lowest BCUT2D eigenvalue weighted by molar-refractivity contribution is -0.125. The zero-order valence-electron chi connectivity index (χ0n) is 16.9. The standard InChI is InChI=1S/C20H37N3O2.HI/c1-5-24-16(14(2)3)8-12-22-19(21-4)23-17-15-9-13-25-18(15)20(17)10-6-7-11-20;/h14-18H,5-13H2,1-4H3,(H2,21,22,23);1H. The molecule has 0 aromatic heterocycles. The van der Waals surface area contributed by atoms with Gasteiger partial charge in [0.1, 0.15) is 0 Å². The molecule has 1 aliphatic heterocycles. The van der Waals surface area contributed by atoms with Crippen LogP contribution in [0, 0.1) is 17.3 Å². The Morgan fingerprint density at radius 1 is 1.31 bits per heavy atom. The van der Waals surface area contributed by atoms with E-state index in [-0.39, 0.29) is 24.0 Å². The molecule has 0 bridgehead atoms. The number of aliphatic imine (C=N–C) groups is 1. The zero-order valence-corrected chi connectivity index (χ0v) is 19.3. The van der Waals surface area contributed by atoms with Crippen LogP contribution in [-0.4, -0.2) is 51.0 Å². The number of fused-ring (bicyclic) bond motifs is 2. The van der Waals surface area contributed by atoms with Gasteiger partial charge < -0.3 is 20.1 Å². The number of nitrogens with one attached hydrogen (secondary N) is 2. The Hall–Kier alpha value is -0.0800. The van der Waals surface area contributed by atoms with E-state index in [1.807, 2.05) is 7.05 Å². The van der Waals surface area contributed by atoms with E-state index in [0.717, 1.165) is 32.1 Å². The fourth-order valence-corrected chi connectivity index (χ4v) is 5.40. The van der Waals surface area contributed by atoms with Crippen LogP contribution >= 0.6 is 24.0 Å². The summed E-state index contributed by atoms with van der Waals surface area (Å²) < 4.78 is 11.9. The van der Waals surface area contributed by atoms with Gasteiger partial charge in [0, 0.05) is 44.2 Å². The van der Waals surface area contributed by atoms with Gasteiger partial charge in [0.05, 0.1) is 12.2 Å². The van der Waals surface area contributed by atoms with Gasteiger partial charge in [0.25, 0.3) is 0 Å². The molecule has 0 amide bonds. The predicted molar refractivity (Wildman–Crippen MR) is 117 cm³/mol. The molecule has 3 rings (SSSR count). The van der Waals surface area contributed by atoms with Crippen LogP contribution in [0.5, 0.6) is 0 Å².